The highest BCUT2D eigenvalue weighted by molar-refractivity contribution is 4.87. The normalized spacial score (nSPS) is 38.8. The van der Waals surface area contributed by atoms with E-state index in [0.29, 0.717) is 0 Å². The highest BCUT2D eigenvalue weighted by atomic mass is 15.2. The van der Waals surface area contributed by atoms with Crippen molar-refractivity contribution >= 4 is 0 Å². The fraction of sp³-hybridized carbons (Fsp3) is 1.00. The Balaban J connectivity index is 1.91. The summed E-state index contributed by atoms with van der Waals surface area (Å²) in [5.41, 5.74) is 0. The molecule has 0 aromatic heterocycles. The van der Waals surface area contributed by atoms with Crippen LogP contribution in [0.25, 0.3) is 0 Å². The summed E-state index contributed by atoms with van der Waals surface area (Å²) in [4.78, 5) is 2.88. The lowest BCUT2D eigenvalue weighted by Gasteiger charge is -2.45. The average molecular weight is 252 g/mol. The average Bonchev–Trinajstić information content (AvgIpc) is 2.40. The number of nitrogens with zero attached hydrogens (tertiary/aromatic N) is 1. The smallest absolute Gasteiger partial charge is 0.0110 e. The zero-order valence-electron chi connectivity index (χ0n) is 12.6. The second-order valence-electron chi connectivity index (χ2n) is 6.70. The van der Waals surface area contributed by atoms with Crippen molar-refractivity contribution in [2.75, 3.05) is 20.1 Å². The first-order valence-corrected chi connectivity index (χ1v) is 8.12. The van der Waals surface area contributed by atoms with E-state index in [1.165, 1.54) is 58.0 Å². The molecule has 4 unspecified atom stereocenters. The Morgan fingerprint density at radius 1 is 1.06 bits per heavy atom. The zero-order valence-corrected chi connectivity index (χ0v) is 12.6. The third-order valence-electron chi connectivity index (χ3n) is 5.44. The molecule has 4 atom stereocenters. The molecule has 2 nitrogen and oxygen atoms in total. The number of rotatable bonds is 4. The molecule has 2 aliphatic rings. The minimum absolute atomic E-state index is 0.858. The molecule has 0 bridgehead atoms. The van der Waals surface area contributed by atoms with E-state index in [1.807, 2.05) is 0 Å². The Kier molecular flexibility index (Phi) is 5.50. The van der Waals surface area contributed by atoms with Crippen LogP contribution in [0.15, 0.2) is 0 Å². The summed E-state index contributed by atoms with van der Waals surface area (Å²) in [7, 11) is 2.08. The standard InChI is InChI=1S/C16H32N2/c1-13-7-8-16(12-14(13)2)18-11-5-4-6-15(18)9-10-17-3/h13-17H,4-12H2,1-3H3. The van der Waals surface area contributed by atoms with E-state index < -0.39 is 0 Å². The van der Waals surface area contributed by atoms with Crippen molar-refractivity contribution in [1.29, 1.82) is 0 Å². The molecule has 0 radical (unpaired) electrons. The molecular weight excluding hydrogens is 220 g/mol. The van der Waals surface area contributed by atoms with Gasteiger partial charge in [-0.25, -0.2) is 0 Å². The molecule has 1 aliphatic heterocycles. The lowest BCUT2D eigenvalue weighted by Crippen LogP contribution is -2.49. The maximum Gasteiger partial charge on any atom is 0.0110 e. The van der Waals surface area contributed by atoms with Crippen molar-refractivity contribution in [3.05, 3.63) is 0 Å². The van der Waals surface area contributed by atoms with E-state index in [1.54, 1.807) is 0 Å². The highest BCUT2D eigenvalue weighted by Gasteiger charge is 2.33. The van der Waals surface area contributed by atoms with E-state index >= 15 is 0 Å². The first-order chi connectivity index (χ1) is 8.72. The van der Waals surface area contributed by atoms with Gasteiger partial charge in [-0.1, -0.05) is 20.3 Å². The molecule has 2 rings (SSSR count). The minimum atomic E-state index is 0.858. The Labute approximate surface area is 114 Å². The molecule has 0 amide bonds. The fourth-order valence-electron chi connectivity index (χ4n) is 3.94. The largest absolute Gasteiger partial charge is 0.320 e. The summed E-state index contributed by atoms with van der Waals surface area (Å²) < 4.78 is 0. The van der Waals surface area contributed by atoms with Crippen molar-refractivity contribution in [2.45, 2.75) is 70.9 Å². The lowest BCUT2D eigenvalue weighted by atomic mass is 9.77. The second-order valence-corrected chi connectivity index (χ2v) is 6.70. The molecule has 1 heterocycles. The molecule has 2 heteroatoms. The maximum atomic E-state index is 3.33. The summed E-state index contributed by atoms with van der Waals surface area (Å²) >= 11 is 0. The van der Waals surface area contributed by atoms with Crippen molar-refractivity contribution < 1.29 is 0 Å². The summed E-state index contributed by atoms with van der Waals surface area (Å²) in [6.45, 7) is 7.44. The SMILES string of the molecule is CNCCC1CCCCN1C1CCC(C)C(C)C1. The number of hydrogen-bond donors (Lipinski definition) is 1. The number of hydrogen-bond acceptors (Lipinski definition) is 2. The predicted octanol–water partition coefficient (Wildman–Crippen LogP) is 3.28. The summed E-state index contributed by atoms with van der Waals surface area (Å²) in [5, 5.41) is 3.33. The summed E-state index contributed by atoms with van der Waals surface area (Å²) in [6, 6.07) is 1.75. The molecule has 1 saturated heterocycles. The van der Waals surface area contributed by atoms with Gasteiger partial charge in [-0.3, -0.25) is 4.90 Å². The fourth-order valence-corrected chi connectivity index (χ4v) is 3.94. The van der Waals surface area contributed by atoms with Crippen LogP contribution in [-0.2, 0) is 0 Å². The van der Waals surface area contributed by atoms with Gasteiger partial charge in [0.15, 0.2) is 0 Å². The molecule has 0 aromatic rings. The molecule has 0 aromatic carbocycles. The van der Waals surface area contributed by atoms with Gasteiger partial charge in [0, 0.05) is 12.1 Å². The second kappa shape index (κ2) is 6.91. The first kappa shape index (κ1) is 14.3. The lowest BCUT2D eigenvalue weighted by molar-refractivity contribution is 0.0441. The number of piperidine rings is 1. The number of likely N-dealkylation sites (tertiary alicyclic amines) is 1. The molecule has 1 aliphatic carbocycles. The van der Waals surface area contributed by atoms with E-state index in [0.717, 1.165) is 23.9 Å². The van der Waals surface area contributed by atoms with E-state index in [4.69, 9.17) is 0 Å². The first-order valence-electron chi connectivity index (χ1n) is 8.12. The zero-order chi connectivity index (χ0) is 13.0. The van der Waals surface area contributed by atoms with Crippen molar-refractivity contribution in [3.63, 3.8) is 0 Å². The minimum Gasteiger partial charge on any atom is -0.320 e. The quantitative estimate of drug-likeness (QED) is 0.826. The van der Waals surface area contributed by atoms with Gasteiger partial charge in [-0.05, 0) is 70.5 Å². The predicted molar refractivity (Wildman–Crippen MR) is 78.9 cm³/mol. The van der Waals surface area contributed by atoms with Gasteiger partial charge >= 0.3 is 0 Å². The van der Waals surface area contributed by atoms with Crippen molar-refractivity contribution in [3.8, 4) is 0 Å². The third kappa shape index (κ3) is 3.48. The Bertz CT molecular complexity index is 241. The molecule has 106 valence electrons. The van der Waals surface area contributed by atoms with Gasteiger partial charge in [0.1, 0.15) is 0 Å². The van der Waals surface area contributed by atoms with Gasteiger partial charge < -0.3 is 5.32 Å². The van der Waals surface area contributed by atoms with Crippen LogP contribution in [0.4, 0.5) is 0 Å². The van der Waals surface area contributed by atoms with Crippen molar-refractivity contribution in [2.24, 2.45) is 11.8 Å². The van der Waals surface area contributed by atoms with Crippen molar-refractivity contribution in [1.82, 2.24) is 10.2 Å². The molecule has 1 saturated carbocycles. The Morgan fingerprint density at radius 3 is 2.61 bits per heavy atom. The Hall–Kier alpha value is -0.0800. The van der Waals surface area contributed by atoms with Crippen LogP contribution in [0.5, 0.6) is 0 Å². The Morgan fingerprint density at radius 2 is 1.89 bits per heavy atom. The molecular formula is C16H32N2. The summed E-state index contributed by atoms with van der Waals surface area (Å²) in [5.74, 6) is 1.87. The maximum absolute atomic E-state index is 3.33. The van der Waals surface area contributed by atoms with Crippen LogP contribution in [0.3, 0.4) is 0 Å². The van der Waals surface area contributed by atoms with Gasteiger partial charge in [-0.2, -0.15) is 0 Å². The van der Waals surface area contributed by atoms with Crippen LogP contribution < -0.4 is 5.32 Å². The van der Waals surface area contributed by atoms with Gasteiger partial charge in [-0.15, -0.1) is 0 Å². The molecule has 18 heavy (non-hydrogen) atoms. The molecule has 1 N–H and O–H groups in total. The van der Waals surface area contributed by atoms with Crippen LogP contribution in [-0.4, -0.2) is 37.1 Å². The number of nitrogens with one attached hydrogen (secondary N) is 1. The highest BCUT2D eigenvalue weighted by Crippen LogP contribution is 2.35. The van der Waals surface area contributed by atoms with E-state index in [9.17, 15) is 0 Å². The molecule has 0 spiro atoms. The molecule has 2 fully saturated rings. The van der Waals surface area contributed by atoms with Gasteiger partial charge in [0.05, 0.1) is 0 Å². The van der Waals surface area contributed by atoms with Crippen LogP contribution in [0.1, 0.15) is 58.8 Å². The third-order valence-corrected chi connectivity index (χ3v) is 5.44. The van der Waals surface area contributed by atoms with Gasteiger partial charge in [0.25, 0.3) is 0 Å². The van der Waals surface area contributed by atoms with Crippen LogP contribution in [0, 0.1) is 11.8 Å². The van der Waals surface area contributed by atoms with E-state index in [2.05, 4.69) is 31.1 Å². The summed E-state index contributed by atoms with van der Waals surface area (Å²) in [6.07, 6.45) is 9.99. The van der Waals surface area contributed by atoms with E-state index in [-0.39, 0.29) is 0 Å². The topological polar surface area (TPSA) is 15.3 Å². The monoisotopic (exact) mass is 252 g/mol. The van der Waals surface area contributed by atoms with Gasteiger partial charge in [0.2, 0.25) is 0 Å². The van der Waals surface area contributed by atoms with Crippen LogP contribution in [0.2, 0.25) is 0 Å². The van der Waals surface area contributed by atoms with Crippen LogP contribution >= 0.6 is 0 Å².